The summed E-state index contributed by atoms with van der Waals surface area (Å²) >= 11 is 0. The van der Waals surface area contributed by atoms with Crippen LogP contribution in [0.5, 0.6) is 5.75 Å². The molecule has 9 heteroatoms. The zero-order chi connectivity index (χ0) is 20.2. The molecule has 1 aliphatic heterocycles. The molecular weight excluding hydrogens is 374 g/mol. The predicted molar refractivity (Wildman–Crippen MR) is 109 cm³/mol. The van der Waals surface area contributed by atoms with Crippen molar-refractivity contribution in [2.24, 2.45) is 0 Å². The number of fused-ring (bicyclic) bond motifs is 1. The van der Waals surface area contributed by atoms with Crippen molar-refractivity contribution in [3.05, 3.63) is 75.2 Å². The average Bonchev–Trinajstić information content (AvgIpc) is 2.75. The molecule has 1 aromatic carbocycles. The van der Waals surface area contributed by atoms with Crippen LogP contribution < -0.4 is 15.2 Å². The van der Waals surface area contributed by atoms with Gasteiger partial charge in [0.25, 0.3) is 0 Å². The van der Waals surface area contributed by atoms with Gasteiger partial charge in [0.05, 0.1) is 4.92 Å². The fourth-order valence-corrected chi connectivity index (χ4v) is 3.44. The lowest BCUT2D eigenvalue weighted by atomic mass is 10.3. The number of ether oxygens (including phenoxy) is 1. The summed E-state index contributed by atoms with van der Waals surface area (Å²) < 4.78 is 6.94. The van der Waals surface area contributed by atoms with E-state index in [4.69, 9.17) is 4.74 Å². The van der Waals surface area contributed by atoms with Gasteiger partial charge < -0.3 is 9.64 Å². The molecule has 3 aromatic rings. The molecule has 0 amide bonds. The van der Waals surface area contributed by atoms with Gasteiger partial charge in [0, 0.05) is 38.9 Å². The maximum absolute atomic E-state index is 12.6. The molecule has 150 valence electrons. The van der Waals surface area contributed by atoms with Gasteiger partial charge in [0.1, 0.15) is 18.0 Å². The average molecular weight is 395 g/mol. The highest BCUT2D eigenvalue weighted by molar-refractivity contribution is 5.61. The topological polar surface area (TPSA) is 93.2 Å². The molecule has 0 aliphatic carbocycles. The maximum Gasteiger partial charge on any atom is 0.376 e. The number of rotatable bonds is 6. The van der Waals surface area contributed by atoms with Crippen molar-refractivity contribution in [1.82, 2.24) is 14.3 Å². The first-order valence-electron chi connectivity index (χ1n) is 9.44. The van der Waals surface area contributed by atoms with Gasteiger partial charge in [-0.3, -0.25) is 24.2 Å². The molecule has 0 bridgehead atoms. The largest absolute Gasteiger partial charge is 0.492 e. The van der Waals surface area contributed by atoms with Crippen LogP contribution in [0.25, 0.3) is 5.65 Å². The van der Waals surface area contributed by atoms with Crippen LogP contribution in [0.2, 0.25) is 0 Å². The van der Waals surface area contributed by atoms with Gasteiger partial charge >= 0.3 is 11.2 Å². The summed E-state index contributed by atoms with van der Waals surface area (Å²) in [5.41, 5.74) is -0.736. The summed E-state index contributed by atoms with van der Waals surface area (Å²) in [7, 11) is 0. The van der Waals surface area contributed by atoms with Crippen LogP contribution in [0, 0.1) is 10.1 Å². The van der Waals surface area contributed by atoms with Crippen molar-refractivity contribution in [3.8, 4) is 5.75 Å². The number of anilines is 1. The quantitative estimate of drug-likeness (QED) is 0.464. The molecule has 1 saturated heterocycles. The number of hydrogen-bond acceptors (Lipinski definition) is 7. The van der Waals surface area contributed by atoms with Gasteiger partial charge in [-0.15, -0.1) is 0 Å². The van der Waals surface area contributed by atoms with E-state index >= 15 is 0 Å². The van der Waals surface area contributed by atoms with Gasteiger partial charge in [0.2, 0.25) is 5.82 Å². The highest BCUT2D eigenvalue weighted by Gasteiger charge is 2.29. The number of nitrogens with zero attached hydrogens (tertiary/aromatic N) is 5. The fourth-order valence-electron chi connectivity index (χ4n) is 3.44. The van der Waals surface area contributed by atoms with Crippen LogP contribution >= 0.6 is 0 Å². The third-order valence-corrected chi connectivity index (χ3v) is 4.97. The lowest BCUT2D eigenvalue weighted by Crippen LogP contribution is -2.48. The molecule has 1 aliphatic rings. The summed E-state index contributed by atoms with van der Waals surface area (Å²) in [6.07, 6.45) is 1.49. The number of pyridine rings is 1. The number of piperazine rings is 1. The molecule has 0 atom stereocenters. The lowest BCUT2D eigenvalue weighted by molar-refractivity contribution is -0.385. The van der Waals surface area contributed by atoms with Gasteiger partial charge in [-0.2, -0.15) is 0 Å². The van der Waals surface area contributed by atoms with E-state index in [2.05, 4.69) is 9.88 Å². The Hall–Kier alpha value is -3.46. The minimum atomic E-state index is -0.658. The maximum atomic E-state index is 12.6. The normalized spacial score (nSPS) is 14.8. The highest BCUT2D eigenvalue weighted by atomic mass is 16.6. The highest BCUT2D eigenvalue weighted by Crippen LogP contribution is 2.24. The predicted octanol–water partition coefficient (Wildman–Crippen LogP) is 1.80. The molecule has 29 heavy (non-hydrogen) atoms. The van der Waals surface area contributed by atoms with E-state index < -0.39 is 16.2 Å². The third-order valence-electron chi connectivity index (χ3n) is 4.97. The minimum Gasteiger partial charge on any atom is -0.492 e. The minimum absolute atomic E-state index is 0.145. The van der Waals surface area contributed by atoms with Crippen LogP contribution in [0.1, 0.15) is 0 Å². The molecule has 9 nitrogen and oxygen atoms in total. The van der Waals surface area contributed by atoms with Crippen LogP contribution in [0.3, 0.4) is 0 Å². The Bertz CT molecular complexity index is 1060. The van der Waals surface area contributed by atoms with Crippen molar-refractivity contribution in [1.29, 1.82) is 0 Å². The summed E-state index contributed by atoms with van der Waals surface area (Å²) in [6.45, 7) is 3.87. The Kier molecular flexibility index (Phi) is 5.39. The summed E-state index contributed by atoms with van der Waals surface area (Å²) in [6, 6.07) is 14.7. The molecule has 3 heterocycles. The second-order valence-corrected chi connectivity index (χ2v) is 6.77. The van der Waals surface area contributed by atoms with E-state index in [0.717, 1.165) is 12.3 Å². The van der Waals surface area contributed by atoms with Crippen molar-refractivity contribution in [2.45, 2.75) is 0 Å². The number of benzene rings is 1. The van der Waals surface area contributed by atoms with Crippen molar-refractivity contribution >= 4 is 17.2 Å². The van der Waals surface area contributed by atoms with Gasteiger partial charge in [-0.1, -0.05) is 24.3 Å². The first-order chi connectivity index (χ1) is 14.1. The summed E-state index contributed by atoms with van der Waals surface area (Å²) in [5.74, 6) is 0.981. The van der Waals surface area contributed by atoms with E-state index in [1.54, 1.807) is 18.2 Å². The lowest BCUT2D eigenvalue weighted by Gasteiger charge is -2.34. The van der Waals surface area contributed by atoms with Crippen molar-refractivity contribution in [2.75, 3.05) is 44.2 Å². The molecule has 0 N–H and O–H groups in total. The van der Waals surface area contributed by atoms with Crippen molar-refractivity contribution in [3.63, 3.8) is 0 Å². The van der Waals surface area contributed by atoms with E-state index in [1.165, 1.54) is 10.6 Å². The number of nitro groups is 1. The first kappa shape index (κ1) is 18.9. The monoisotopic (exact) mass is 395 g/mol. The first-order valence-corrected chi connectivity index (χ1v) is 9.44. The second-order valence-electron chi connectivity index (χ2n) is 6.77. The number of hydrogen-bond donors (Lipinski definition) is 0. The van der Waals surface area contributed by atoms with Crippen LogP contribution in [0.15, 0.2) is 59.5 Å². The summed E-state index contributed by atoms with van der Waals surface area (Å²) in [5, 5.41) is 11.6. The second kappa shape index (κ2) is 8.27. The molecular formula is C20H21N5O4. The molecule has 0 unspecified atom stereocenters. The van der Waals surface area contributed by atoms with Crippen LogP contribution in [-0.2, 0) is 0 Å². The third kappa shape index (κ3) is 4.04. The van der Waals surface area contributed by atoms with E-state index in [0.29, 0.717) is 38.4 Å². The van der Waals surface area contributed by atoms with Gasteiger partial charge in [-0.05, 0) is 24.3 Å². The Morgan fingerprint density at radius 1 is 1.03 bits per heavy atom. The van der Waals surface area contributed by atoms with E-state index in [9.17, 15) is 14.9 Å². The number of para-hydroxylation sites is 1. The SMILES string of the molecule is O=c1c([N+](=O)[O-])c(N2CCN(CCOc3ccccc3)CC2)nc2ccccn12. The molecule has 2 aromatic heterocycles. The van der Waals surface area contributed by atoms with Gasteiger partial charge in [-0.25, -0.2) is 4.98 Å². The zero-order valence-corrected chi connectivity index (χ0v) is 15.8. The Morgan fingerprint density at radius 2 is 1.76 bits per heavy atom. The van der Waals surface area contributed by atoms with Crippen molar-refractivity contribution < 1.29 is 9.66 Å². The Morgan fingerprint density at radius 3 is 2.48 bits per heavy atom. The smallest absolute Gasteiger partial charge is 0.376 e. The van der Waals surface area contributed by atoms with Crippen LogP contribution in [0.4, 0.5) is 11.5 Å². The Labute approximate surface area is 166 Å². The molecule has 0 saturated carbocycles. The van der Waals surface area contributed by atoms with Crippen LogP contribution in [-0.4, -0.2) is 58.5 Å². The van der Waals surface area contributed by atoms with E-state index in [-0.39, 0.29) is 5.82 Å². The summed E-state index contributed by atoms with van der Waals surface area (Å²) in [4.78, 5) is 32.0. The Balaban J connectivity index is 1.44. The molecule has 1 fully saturated rings. The standard InChI is InChI=1S/C20H21N5O4/c26-20-18(25(27)28)19(21-17-8-4-5-9-24(17)20)23-12-10-22(11-13-23)14-15-29-16-6-2-1-3-7-16/h1-9H,10-15H2. The molecule has 4 rings (SSSR count). The van der Waals surface area contributed by atoms with Gasteiger partial charge in [0.15, 0.2) is 0 Å². The fraction of sp³-hybridized carbons (Fsp3) is 0.300. The van der Waals surface area contributed by atoms with E-state index in [1.807, 2.05) is 35.2 Å². The molecule has 0 spiro atoms. The number of aromatic nitrogens is 2. The molecule has 0 radical (unpaired) electrons. The zero-order valence-electron chi connectivity index (χ0n) is 15.8.